The third-order valence-corrected chi connectivity index (χ3v) is 2.62. The molecule has 0 spiro atoms. The summed E-state index contributed by atoms with van der Waals surface area (Å²) in [7, 11) is 0. The second-order valence-electron chi connectivity index (χ2n) is 4.36. The summed E-state index contributed by atoms with van der Waals surface area (Å²) in [4.78, 5) is 0. The van der Waals surface area contributed by atoms with E-state index < -0.39 is 0 Å². The van der Waals surface area contributed by atoms with Gasteiger partial charge in [-0.05, 0) is 0 Å². The van der Waals surface area contributed by atoms with Gasteiger partial charge in [0.25, 0.3) is 0 Å². The summed E-state index contributed by atoms with van der Waals surface area (Å²) in [5, 5.41) is 0. The van der Waals surface area contributed by atoms with Crippen molar-refractivity contribution in [2.75, 3.05) is 0 Å². The maximum absolute atomic E-state index is 2.23. The molecule has 0 bridgehead atoms. The molecule has 0 fully saturated rings. The molecule has 0 aliphatic rings. The van der Waals surface area contributed by atoms with Crippen LogP contribution in [0.5, 0.6) is 0 Å². The van der Waals surface area contributed by atoms with E-state index in [0.29, 0.717) is 0 Å². The molecule has 104 valence electrons. The Labute approximate surface area is 149 Å². The number of hydrogen-bond acceptors (Lipinski definition) is 0. The Morgan fingerprint density at radius 1 is 1.05 bits per heavy atom. The molecule has 2 aromatic carbocycles. The molecule has 0 atom stereocenters. The van der Waals surface area contributed by atoms with Crippen LogP contribution in [0.1, 0.15) is 36.5 Å². The van der Waals surface area contributed by atoms with Crippen LogP contribution in [0, 0.1) is 13.8 Å². The molecule has 0 amide bonds. The second kappa shape index (κ2) is 14.6. The number of aryl methyl sites for hydroxylation is 3. The van der Waals surface area contributed by atoms with Gasteiger partial charge >= 0.3 is 26.2 Å². The maximum atomic E-state index is 2.23. The Morgan fingerprint density at radius 3 is 1.95 bits per heavy atom. The average molecular weight is 376 g/mol. The maximum Gasteiger partial charge on any atom is 4.00 e. The Hall–Kier alpha value is 0.163. The average Bonchev–Trinajstić information content (AvgIpc) is 2.88. The van der Waals surface area contributed by atoms with Gasteiger partial charge in [0.05, 0.1) is 0 Å². The molecule has 0 N–H and O–H groups in total. The molecule has 0 aromatic heterocycles. The zero-order chi connectivity index (χ0) is 11.8. The fraction of sp³-hybridized carbons (Fsp3) is 0.375. The number of halogens is 2. The number of unbranched alkanes of at least 4 members (excludes halogenated alkanes) is 1. The van der Waals surface area contributed by atoms with Crippen molar-refractivity contribution in [2.45, 2.75) is 40.0 Å². The first-order chi connectivity index (χ1) is 7.72. The minimum atomic E-state index is 0. The smallest absolute Gasteiger partial charge is 1.00 e. The minimum absolute atomic E-state index is 0. The molecule has 0 saturated heterocycles. The van der Waals surface area contributed by atoms with Gasteiger partial charge in [-0.1, -0.05) is 40.0 Å². The number of rotatable bonds is 3. The normalized spacial score (nSPS) is 8.16. The van der Waals surface area contributed by atoms with Crippen LogP contribution < -0.4 is 24.8 Å². The van der Waals surface area contributed by atoms with E-state index in [1.807, 2.05) is 0 Å². The molecule has 0 radical (unpaired) electrons. The van der Waals surface area contributed by atoms with Crippen LogP contribution in [-0.2, 0) is 32.6 Å². The molecular weight excluding hydrogens is 354 g/mol. The first-order valence-corrected chi connectivity index (χ1v) is 6.13. The van der Waals surface area contributed by atoms with Gasteiger partial charge in [-0.2, -0.15) is 35.4 Å². The van der Waals surface area contributed by atoms with E-state index >= 15 is 0 Å². The van der Waals surface area contributed by atoms with E-state index in [-0.39, 0.29) is 51.0 Å². The molecule has 0 aliphatic carbocycles. The fourth-order valence-electron chi connectivity index (χ4n) is 1.68. The van der Waals surface area contributed by atoms with Gasteiger partial charge in [0.2, 0.25) is 0 Å². The van der Waals surface area contributed by atoms with Crippen molar-refractivity contribution in [3.05, 3.63) is 59.2 Å². The Bertz CT molecular complexity index is 361. The van der Waals surface area contributed by atoms with Gasteiger partial charge in [-0.3, -0.25) is 0 Å². The first kappa shape index (κ1) is 24.2. The van der Waals surface area contributed by atoms with Crippen molar-refractivity contribution >= 4 is 0 Å². The second-order valence-corrected chi connectivity index (χ2v) is 4.36. The fourth-order valence-corrected chi connectivity index (χ4v) is 1.68. The van der Waals surface area contributed by atoms with E-state index in [9.17, 15) is 0 Å². The van der Waals surface area contributed by atoms with Crippen molar-refractivity contribution in [3.8, 4) is 0 Å². The number of hydrogen-bond donors (Lipinski definition) is 0. The van der Waals surface area contributed by atoms with Crippen LogP contribution in [-0.4, -0.2) is 0 Å². The summed E-state index contributed by atoms with van der Waals surface area (Å²) in [5.74, 6) is 0. The van der Waals surface area contributed by atoms with Gasteiger partial charge in [0.15, 0.2) is 0 Å². The zero-order valence-electron chi connectivity index (χ0n) is 11.9. The van der Waals surface area contributed by atoms with Crippen molar-refractivity contribution in [3.63, 3.8) is 0 Å². The Balaban J connectivity index is -0.000000237. The molecule has 3 heteroatoms. The first-order valence-electron chi connectivity index (χ1n) is 6.13. The largest absolute Gasteiger partial charge is 4.00 e. The van der Waals surface area contributed by atoms with Crippen LogP contribution in [0.25, 0.3) is 0 Å². The summed E-state index contributed by atoms with van der Waals surface area (Å²) in [6, 6.07) is 15.0. The SMILES string of the molecule is CCCC[c-]1cccc1.Cc1cc[c-](C)c1.[Cl-].[Cl-].[Zr+4]. The monoisotopic (exact) mass is 374 g/mol. The van der Waals surface area contributed by atoms with Gasteiger partial charge < -0.3 is 24.8 Å². The van der Waals surface area contributed by atoms with Gasteiger partial charge in [0, 0.05) is 0 Å². The topological polar surface area (TPSA) is 0 Å². The molecule has 0 saturated carbocycles. The van der Waals surface area contributed by atoms with Crippen molar-refractivity contribution in [1.82, 2.24) is 0 Å². The van der Waals surface area contributed by atoms with Crippen LogP contribution in [0.3, 0.4) is 0 Å². The van der Waals surface area contributed by atoms with E-state index in [1.54, 1.807) is 0 Å². The van der Waals surface area contributed by atoms with Crippen LogP contribution in [0.4, 0.5) is 0 Å². The van der Waals surface area contributed by atoms with Crippen molar-refractivity contribution in [1.29, 1.82) is 0 Å². The zero-order valence-corrected chi connectivity index (χ0v) is 15.9. The van der Waals surface area contributed by atoms with E-state index in [4.69, 9.17) is 0 Å². The van der Waals surface area contributed by atoms with E-state index in [0.717, 1.165) is 0 Å². The van der Waals surface area contributed by atoms with Crippen LogP contribution in [0.2, 0.25) is 0 Å². The van der Waals surface area contributed by atoms with E-state index in [2.05, 4.69) is 63.2 Å². The molecule has 0 unspecified atom stereocenters. The molecule has 0 heterocycles. The third-order valence-electron chi connectivity index (χ3n) is 2.62. The summed E-state index contributed by atoms with van der Waals surface area (Å²) < 4.78 is 0. The Kier molecular flexibility index (Phi) is 18.6. The van der Waals surface area contributed by atoms with E-state index in [1.165, 1.54) is 36.0 Å². The third kappa shape index (κ3) is 11.7. The molecule has 0 nitrogen and oxygen atoms in total. The van der Waals surface area contributed by atoms with Gasteiger partial charge in [-0.15, -0.1) is 0 Å². The predicted molar refractivity (Wildman–Crippen MR) is 72.2 cm³/mol. The van der Waals surface area contributed by atoms with Crippen molar-refractivity contribution < 1.29 is 51.0 Å². The standard InChI is InChI=1S/C9H13.C7H9.2ClH.Zr/c1-2-3-6-9-7-4-5-8-9;1-6-3-4-7(2)5-6;;;/h4-5,7-8H,2-3,6H2,1H3;3-5H,1-2H3;2*1H;/q2*-1;;;+4/p-2. The van der Waals surface area contributed by atoms with Crippen molar-refractivity contribution in [2.24, 2.45) is 0 Å². The minimum Gasteiger partial charge on any atom is -1.00 e. The molecule has 19 heavy (non-hydrogen) atoms. The molecule has 2 rings (SSSR count). The summed E-state index contributed by atoms with van der Waals surface area (Å²) in [5.41, 5.74) is 4.20. The molecular formula is C16H22Cl2Zr. The molecule has 2 aromatic rings. The quantitative estimate of drug-likeness (QED) is 0.589. The van der Waals surface area contributed by atoms with Crippen LogP contribution >= 0.6 is 0 Å². The Morgan fingerprint density at radius 2 is 1.63 bits per heavy atom. The summed E-state index contributed by atoms with van der Waals surface area (Å²) in [6.45, 7) is 6.43. The predicted octanol–water partition coefficient (Wildman–Crippen LogP) is -1.22. The molecule has 0 aliphatic heterocycles. The van der Waals surface area contributed by atoms with Gasteiger partial charge in [-0.25, -0.2) is 23.8 Å². The van der Waals surface area contributed by atoms with Gasteiger partial charge in [0.1, 0.15) is 0 Å². The summed E-state index contributed by atoms with van der Waals surface area (Å²) >= 11 is 0. The van der Waals surface area contributed by atoms with Crippen LogP contribution in [0.15, 0.2) is 42.5 Å². The summed E-state index contributed by atoms with van der Waals surface area (Å²) in [6.07, 6.45) is 3.87.